The zero-order valence-corrected chi connectivity index (χ0v) is 15.6. The van der Waals surface area contributed by atoms with Crippen molar-refractivity contribution >= 4 is 23.4 Å². The van der Waals surface area contributed by atoms with Gasteiger partial charge in [0.25, 0.3) is 0 Å². The number of amides is 1. The molecule has 0 aliphatic rings. The van der Waals surface area contributed by atoms with E-state index in [2.05, 4.69) is 22.1 Å². The van der Waals surface area contributed by atoms with E-state index < -0.39 is 5.25 Å². The van der Waals surface area contributed by atoms with Crippen LogP contribution in [0.5, 0.6) is 0 Å². The van der Waals surface area contributed by atoms with E-state index in [1.165, 1.54) is 36.0 Å². The Bertz CT molecular complexity index is 925. The van der Waals surface area contributed by atoms with Gasteiger partial charge in [0.1, 0.15) is 5.82 Å². The van der Waals surface area contributed by atoms with Crippen LogP contribution >= 0.6 is 11.8 Å². The topological polar surface area (TPSA) is 59.8 Å². The first-order valence-electron chi connectivity index (χ1n) is 8.41. The zero-order chi connectivity index (χ0) is 19.2. The molecule has 3 aromatic rings. The molecule has 1 aromatic heterocycles. The summed E-state index contributed by atoms with van der Waals surface area (Å²) in [5, 5.41) is 11.5. The fraction of sp³-hybridized carbons (Fsp3) is 0.150. The Morgan fingerprint density at radius 2 is 1.93 bits per heavy atom. The van der Waals surface area contributed by atoms with Crippen molar-refractivity contribution in [3.8, 4) is 11.4 Å². The van der Waals surface area contributed by atoms with E-state index in [1.807, 2.05) is 34.9 Å². The van der Waals surface area contributed by atoms with Gasteiger partial charge in [0, 0.05) is 17.8 Å². The molecule has 0 aliphatic carbocycles. The van der Waals surface area contributed by atoms with E-state index in [0.717, 1.165) is 11.4 Å². The summed E-state index contributed by atoms with van der Waals surface area (Å²) in [4.78, 5) is 12.4. The second-order valence-corrected chi connectivity index (χ2v) is 7.14. The molecular weight excluding hydrogens is 363 g/mol. The Morgan fingerprint density at radius 3 is 2.59 bits per heavy atom. The van der Waals surface area contributed by atoms with E-state index in [0.29, 0.717) is 17.4 Å². The highest BCUT2D eigenvalue weighted by atomic mass is 32.2. The van der Waals surface area contributed by atoms with Gasteiger partial charge in [-0.15, -0.1) is 16.8 Å². The molecule has 0 unspecified atom stereocenters. The maximum Gasteiger partial charge on any atom is 0.237 e. The molecule has 0 aliphatic heterocycles. The molecule has 1 N–H and O–H groups in total. The fourth-order valence-corrected chi connectivity index (χ4v) is 3.32. The first kappa shape index (κ1) is 18.8. The summed E-state index contributed by atoms with van der Waals surface area (Å²) in [6.45, 7) is 6.12. The van der Waals surface area contributed by atoms with Gasteiger partial charge in [0.15, 0.2) is 11.0 Å². The van der Waals surface area contributed by atoms with Gasteiger partial charge in [-0.25, -0.2) is 4.39 Å². The molecule has 2 aromatic carbocycles. The summed E-state index contributed by atoms with van der Waals surface area (Å²) in [6, 6.07) is 15.4. The summed E-state index contributed by atoms with van der Waals surface area (Å²) in [5.74, 6) is 0.187. The maximum absolute atomic E-state index is 13.0. The Kier molecular flexibility index (Phi) is 6.03. The molecule has 1 atom stereocenters. The first-order chi connectivity index (χ1) is 13.1. The molecule has 0 saturated carbocycles. The van der Waals surface area contributed by atoms with Crippen molar-refractivity contribution in [2.75, 3.05) is 5.32 Å². The van der Waals surface area contributed by atoms with Crippen molar-refractivity contribution in [1.82, 2.24) is 14.8 Å². The largest absolute Gasteiger partial charge is 0.325 e. The average Bonchev–Trinajstić information content (AvgIpc) is 3.07. The molecule has 27 heavy (non-hydrogen) atoms. The normalized spacial score (nSPS) is 11.8. The van der Waals surface area contributed by atoms with Crippen molar-refractivity contribution in [1.29, 1.82) is 0 Å². The van der Waals surface area contributed by atoms with Crippen molar-refractivity contribution in [2.45, 2.75) is 23.9 Å². The van der Waals surface area contributed by atoms with Gasteiger partial charge < -0.3 is 5.32 Å². The highest BCUT2D eigenvalue weighted by molar-refractivity contribution is 8.00. The van der Waals surface area contributed by atoms with E-state index >= 15 is 0 Å². The number of hydrogen-bond donors (Lipinski definition) is 1. The number of halogens is 1. The summed E-state index contributed by atoms with van der Waals surface area (Å²) in [6.07, 6.45) is 1.77. The number of hydrogen-bond acceptors (Lipinski definition) is 4. The number of benzene rings is 2. The monoisotopic (exact) mass is 382 g/mol. The lowest BCUT2D eigenvalue weighted by atomic mass is 10.2. The van der Waals surface area contributed by atoms with Gasteiger partial charge in [-0.3, -0.25) is 9.36 Å². The Labute approximate surface area is 161 Å². The number of anilines is 1. The molecule has 0 spiro atoms. The van der Waals surface area contributed by atoms with E-state index in [4.69, 9.17) is 0 Å². The van der Waals surface area contributed by atoms with Crippen LogP contribution in [0.15, 0.2) is 72.4 Å². The van der Waals surface area contributed by atoms with Crippen molar-refractivity contribution < 1.29 is 9.18 Å². The molecule has 3 rings (SSSR count). The van der Waals surface area contributed by atoms with E-state index in [9.17, 15) is 9.18 Å². The molecule has 138 valence electrons. The van der Waals surface area contributed by atoms with Crippen LogP contribution in [0.25, 0.3) is 11.4 Å². The Balaban J connectivity index is 1.76. The highest BCUT2D eigenvalue weighted by Crippen LogP contribution is 2.27. The van der Waals surface area contributed by atoms with Gasteiger partial charge in [0.05, 0.1) is 5.25 Å². The van der Waals surface area contributed by atoms with Crippen LogP contribution in [0.4, 0.5) is 10.1 Å². The number of carbonyl (C=O) groups is 1. The second kappa shape index (κ2) is 8.64. The van der Waals surface area contributed by atoms with Gasteiger partial charge in [-0.2, -0.15) is 0 Å². The summed E-state index contributed by atoms with van der Waals surface area (Å²) >= 11 is 1.31. The third-order valence-electron chi connectivity index (χ3n) is 3.82. The van der Waals surface area contributed by atoms with E-state index in [-0.39, 0.29) is 11.7 Å². The third-order valence-corrected chi connectivity index (χ3v) is 4.90. The van der Waals surface area contributed by atoms with Crippen molar-refractivity contribution in [3.63, 3.8) is 0 Å². The average molecular weight is 382 g/mol. The number of carbonyl (C=O) groups excluding carboxylic acids is 1. The van der Waals surface area contributed by atoms with Crippen molar-refractivity contribution in [2.24, 2.45) is 0 Å². The third kappa shape index (κ3) is 4.62. The van der Waals surface area contributed by atoms with Gasteiger partial charge in [0.2, 0.25) is 5.91 Å². The van der Waals surface area contributed by atoms with Crippen LogP contribution in [0.3, 0.4) is 0 Å². The highest BCUT2D eigenvalue weighted by Gasteiger charge is 2.20. The van der Waals surface area contributed by atoms with Crippen LogP contribution in [-0.4, -0.2) is 25.9 Å². The Morgan fingerprint density at radius 1 is 1.22 bits per heavy atom. The van der Waals surface area contributed by atoms with Gasteiger partial charge in [-0.05, 0) is 31.2 Å². The summed E-state index contributed by atoms with van der Waals surface area (Å²) in [7, 11) is 0. The molecule has 0 fully saturated rings. The fourth-order valence-electron chi connectivity index (χ4n) is 2.46. The lowest BCUT2D eigenvalue weighted by Gasteiger charge is -2.13. The molecule has 7 heteroatoms. The predicted molar refractivity (Wildman–Crippen MR) is 106 cm³/mol. The number of aromatic nitrogens is 3. The minimum atomic E-state index is -0.411. The summed E-state index contributed by atoms with van der Waals surface area (Å²) in [5.41, 5.74) is 1.49. The minimum Gasteiger partial charge on any atom is -0.325 e. The maximum atomic E-state index is 13.0. The number of allylic oxidation sites excluding steroid dienone is 1. The Hall–Kier alpha value is -2.93. The molecule has 5 nitrogen and oxygen atoms in total. The number of nitrogens with one attached hydrogen (secondary N) is 1. The number of thioether (sulfide) groups is 1. The van der Waals surface area contributed by atoms with E-state index in [1.54, 1.807) is 13.0 Å². The standard InChI is InChI=1S/C20H19FN4OS/c1-3-13-25-18(15-7-5-4-6-8-15)23-24-20(25)27-14(2)19(26)22-17-11-9-16(21)10-12-17/h3-12,14H,1,13H2,2H3,(H,22,26)/t14-/m1/s1. The lowest BCUT2D eigenvalue weighted by Crippen LogP contribution is -2.23. The summed E-state index contributed by atoms with van der Waals surface area (Å²) < 4.78 is 14.9. The van der Waals surface area contributed by atoms with Crippen LogP contribution < -0.4 is 5.32 Å². The molecule has 1 heterocycles. The van der Waals surface area contributed by atoms with Crippen molar-refractivity contribution in [3.05, 3.63) is 73.1 Å². The van der Waals surface area contributed by atoms with Gasteiger partial charge >= 0.3 is 0 Å². The lowest BCUT2D eigenvalue weighted by molar-refractivity contribution is -0.115. The van der Waals surface area contributed by atoms with Crippen LogP contribution in [0.2, 0.25) is 0 Å². The predicted octanol–water partition coefficient (Wildman–Crippen LogP) is 4.39. The second-order valence-electron chi connectivity index (χ2n) is 5.83. The number of rotatable bonds is 7. The molecule has 0 saturated heterocycles. The SMILES string of the molecule is C=CCn1c(S[C@H](C)C(=O)Nc2ccc(F)cc2)nnc1-c1ccccc1. The van der Waals surface area contributed by atoms with Crippen LogP contribution in [-0.2, 0) is 11.3 Å². The van der Waals surface area contributed by atoms with Crippen LogP contribution in [0.1, 0.15) is 6.92 Å². The first-order valence-corrected chi connectivity index (χ1v) is 9.29. The number of nitrogens with zero attached hydrogens (tertiary/aromatic N) is 3. The quantitative estimate of drug-likeness (QED) is 0.486. The smallest absolute Gasteiger partial charge is 0.237 e. The molecular formula is C20H19FN4OS. The van der Waals surface area contributed by atoms with Crippen LogP contribution in [0, 0.1) is 5.82 Å². The minimum absolute atomic E-state index is 0.193. The molecule has 0 bridgehead atoms. The van der Waals surface area contributed by atoms with Gasteiger partial charge in [-0.1, -0.05) is 48.2 Å². The molecule has 0 radical (unpaired) electrons. The molecule has 1 amide bonds. The zero-order valence-electron chi connectivity index (χ0n) is 14.8.